The van der Waals surface area contributed by atoms with E-state index in [4.69, 9.17) is 10.5 Å². The molecule has 0 amide bonds. The highest BCUT2D eigenvalue weighted by Gasteiger charge is 2.35. The summed E-state index contributed by atoms with van der Waals surface area (Å²) in [5.74, 6) is -0.137. The summed E-state index contributed by atoms with van der Waals surface area (Å²) >= 11 is 0. The Labute approximate surface area is 138 Å². The summed E-state index contributed by atoms with van der Waals surface area (Å²) in [6.07, 6.45) is 15.8. The van der Waals surface area contributed by atoms with E-state index in [1.165, 1.54) is 71.3 Å². The first-order valence-corrected chi connectivity index (χ1v) is 9.34. The van der Waals surface area contributed by atoms with Crippen LogP contribution in [0, 0.1) is 5.92 Å². The van der Waals surface area contributed by atoms with E-state index < -0.39 is 5.54 Å². The summed E-state index contributed by atoms with van der Waals surface area (Å²) in [7, 11) is 1.41. The molecule has 0 aromatic heterocycles. The largest absolute Gasteiger partial charge is 0.468 e. The second kappa shape index (κ2) is 12.9. The van der Waals surface area contributed by atoms with E-state index >= 15 is 0 Å². The number of rotatable bonds is 14. The predicted molar refractivity (Wildman–Crippen MR) is 94.9 cm³/mol. The Balaban J connectivity index is 3.48. The molecule has 0 bridgehead atoms. The molecule has 0 spiro atoms. The molecule has 0 rings (SSSR count). The first-order chi connectivity index (χ1) is 10.5. The number of unbranched alkanes of at least 4 members (excludes halogenated alkanes) is 10. The fraction of sp³-hybridized carbons (Fsp3) is 0.947. The Hall–Kier alpha value is -0.570. The lowest BCUT2D eigenvalue weighted by atomic mass is 9.84. The van der Waals surface area contributed by atoms with Gasteiger partial charge in [0.2, 0.25) is 0 Å². The van der Waals surface area contributed by atoms with Crippen molar-refractivity contribution in [2.45, 2.75) is 103 Å². The number of carbonyl (C=O) groups is 1. The summed E-state index contributed by atoms with van der Waals surface area (Å²) in [6, 6.07) is 0. The highest BCUT2D eigenvalue weighted by molar-refractivity contribution is 5.80. The van der Waals surface area contributed by atoms with Crippen molar-refractivity contribution in [2.24, 2.45) is 11.7 Å². The molecule has 0 aromatic rings. The molecular weight excluding hydrogens is 274 g/mol. The normalized spacial score (nSPS) is 15.3. The maximum Gasteiger partial charge on any atom is 0.325 e. The van der Waals surface area contributed by atoms with Gasteiger partial charge in [0.05, 0.1) is 7.11 Å². The SMILES string of the molecule is CCCCCCCCCCCCCC(C)C(C)(N)C(=O)OC. The maximum absolute atomic E-state index is 11.6. The number of esters is 1. The molecular formula is C19H39NO2. The van der Waals surface area contributed by atoms with E-state index in [1.807, 2.05) is 6.92 Å². The summed E-state index contributed by atoms with van der Waals surface area (Å²) < 4.78 is 4.78. The Bertz CT molecular complexity index is 277. The van der Waals surface area contributed by atoms with Crippen LogP contribution in [0.1, 0.15) is 97.8 Å². The molecule has 2 atom stereocenters. The van der Waals surface area contributed by atoms with Crippen molar-refractivity contribution in [1.82, 2.24) is 0 Å². The highest BCUT2D eigenvalue weighted by atomic mass is 16.5. The van der Waals surface area contributed by atoms with E-state index in [9.17, 15) is 4.79 Å². The lowest BCUT2D eigenvalue weighted by Crippen LogP contribution is -2.51. The van der Waals surface area contributed by atoms with Gasteiger partial charge in [-0.15, -0.1) is 0 Å². The van der Waals surface area contributed by atoms with Gasteiger partial charge in [-0.3, -0.25) is 4.79 Å². The van der Waals surface area contributed by atoms with Gasteiger partial charge < -0.3 is 10.5 Å². The van der Waals surface area contributed by atoms with Crippen molar-refractivity contribution in [3.63, 3.8) is 0 Å². The van der Waals surface area contributed by atoms with Crippen LogP contribution in [0.5, 0.6) is 0 Å². The molecule has 2 unspecified atom stereocenters. The number of carbonyl (C=O) groups excluding carboxylic acids is 1. The molecule has 0 radical (unpaired) electrons. The minimum atomic E-state index is -0.854. The average molecular weight is 314 g/mol. The van der Waals surface area contributed by atoms with Gasteiger partial charge >= 0.3 is 5.97 Å². The van der Waals surface area contributed by atoms with Crippen molar-refractivity contribution in [3.8, 4) is 0 Å². The third-order valence-corrected chi connectivity index (χ3v) is 4.89. The molecule has 0 heterocycles. The molecule has 2 N–H and O–H groups in total. The smallest absolute Gasteiger partial charge is 0.325 e. The van der Waals surface area contributed by atoms with Crippen LogP contribution in [-0.2, 0) is 9.53 Å². The van der Waals surface area contributed by atoms with Crippen LogP contribution in [0.25, 0.3) is 0 Å². The minimum Gasteiger partial charge on any atom is -0.468 e. The Morgan fingerprint density at radius 1 is 0.955 bits per heavy atom. The molecule has 0 saturated carbocycles. The first kappa shape index (κ1) is 21.4. The second-order valence-electron chi connectivity index (χ2n) is 7.00. The molecule has 3 heteroatoms. The van der Waals surface area contributed by atoms with Gasteiger partial charge in [0.1, 0.15) is 5.54 Å². The van der Waals surface area contributed by atoms with E-state index in [2.05, 4.69) is 6.92 Å². The van der Waals surface area contributed by atoms with Crippen LogP contribution in [0.15, 0.2) is 0 Å². The molecule has 0 fully saturated rings. The lowest BCUT2D eigenvalue weighted by molar-refractivity contribution is -0.148. The molecule has 3 nitrogen and oxygen atoms in total. The molecule has 0 aromatic carbocycles. The second-order valence-corrected chi connectivity index (χ2v) is 7.00. The van der Waals surface area contributed by atoms with Gasteiger partial charge in [0, 0.05) is 0 Å². The van der Waals surface area contributed by atoms with Crippen molar-refractivity contribution < 1.29 is 9.53 Å². The van der Waals surface area contributed by atoms with Crippen LogP contribution in [0.2, 0.25) is 0 Å². The maximum atomic E-state index is 11.6. The van der Waals surface area contributed by atoms with Crippen molar-refractivity contribution in [2.75, 3.05) is 7.11 Å². The van der Waals surface area contributed by atoms with Crippen LogP contribution in [0.3, 0.4) is 0 Å². The number of hydrogen-bond acceptors (Lipinski definition) is 3. The van der Waals surface area contributed by atoms with Gasteiger partial charge in [-0.1, -0.05) is 84.5 Å². The quantitative estimate of drug-likeness (QED) is 0.353. The minimum absolute atomic E-state index is 0.165. The van der Waals surface area contributed by atoms with Crippen molar-refractivity contribution >= 4 is 5.97 Å². The standard InChI is InChI=1S/C19H39NO2/c1-5-6-7-8-9-10-11-12-13-14-15-16-17(2)19(3,20)18(21)22-4/h17H,5-16,20H2,1-4H3. The van der Waals surface area contributed by atoms with Gasteiger partial charge in [0.25, 0.3) is 0 Å². The molecule has 0 aliphatic carbocycles. The molecule has 22 heavy (non-hydrogen) atoms. The molecule has 0 saturated heterocycles. The fourth-order valence-electron chi connectivity index (χ4n) is 2.84. The third-order valence-electron chi connectivity index (χ3n) is 4.89. The van der Waals surface area contributed by atoms with E-state index in [-0.39, 0.29) is 11.9 Å². The van der Waals surface area contributed by atoms with E-state index in [1.54, 1.807) is 6.92 Å². The topological polar surface area (TPSA) is 52.3 Å². The number of methoxy groups -OCH3 is 1. The summed E-state index contributed by atoms with van der Waals surface area (Å²) in [5, 5.41) is 0. The zero-order chi connectivity index (χ0) is 16.8. The molecule has 0 aliphatic heterocycles. The zero-order valence-electron chi connectivity index (χ0n) is 15.5. The van der Waals surface area contributed by atoms with Crippen LogP contribution >= 0.6 is 0 Å². The number of nitrogens with two attached hydrogens (primary N) is 1. The van der Waals surface area contributed by atoms with Gasteiger partial charge in [-0.25, -0.2) is 0 Å². The number of ether oxygens (including phenoxy) is 1. The Kier molecular flexibility index (Phi) is 12.6. The fourth-order valence-corrected chi connectivity index (χ4v) is 2.84. The Morgan fingerprint density at radius 3 is 1.77 bits per heavy atom. The van der Waals surface area contributed by atoms with Crippen LogP contribution in [-0.4, -0.2) is 18.6 Å². The van der Waals surface area contributed by atoms with Crippen LogP contribution in [0.4, 0.5) is 0 Å². The first-order valence-electron chi connectivity index (χ1n) is 9.34. The monoisotopic (exact) mass is 313 g/mol. The third kappa shape index (κ3) is 9.45. The van der Waals surface area contributed by atoms with E-state index in [0.29, 0.717) is 0 Å². The predicted octanol–water partition coefficient (Wildman–Crippen LogP) is 5.21. The molecule has 132 valence electrons. The van der Waals surface area contributed by atoms with Crippen molar-refractivity contribution in [1.29, 1.82) is 0 Å². The van der Waals surface area contributed by atoms with Gasteiger partial charge in [0.15, 0.2) is 0 Å². The van der Waals surface area contributed by atoms with E-state index in [0.717, 1.165) is 12.8 Å². The van der Waals surface area contributed by atoms with Gasteiger partial charge in [-0.05, 0) is 19.3 Å². The summed E-state index contributed by atoms with van der Waals surface area (Å²) in [6.45, 7) is 6.09. The van der Waals surface area contributed by atoms with Crippen LogP contribution < -0.4 is 5.73 Å². The zero-order valence-corrected chi connectivity index (χ0v) is 15.5. The Morgan fingerprint density at radius 2 is 1.36 bits per heavy atom. The average Bonchev–Trinajstić information content (AvgIpc) is 2.51. The van der Waals surface area contributed by atoms with Crippen molar-refractivity contribution in [3.05, 3.63) is 0 Å². The summed E-state index contributed by atoms with van der Waals surface area (Å²) in [4.78, 5) is 11.6. The number of hydrogen-bond donors (Lipinski definition) is 1. The molecule has 0 aliphatic rings. The highest BCUT2D eigenvalue weighted by Crippen LogP contribution is 2.22. The lowest BCUT2D eigenvalue weighted by Gasteiger charge is -2.28. The van der Waals surface area contributed by atoms with Gasteiger partial charge in [-0.2, -0.15) is 0 Å². The summed E-state index contributed by atoms with van der Waals surface area (Å²) in [5.41, 5.74) is 5.22.